The van der Waals surface area contributed by atoms with Crippen molar-refractivity contribution in [3.05, 3.63) is 33.3 Å². The van der Waals surface area contributed by atoms with Crippen molar-refractivity contribution in [1.82, 2.24) is 4.98 Å². The van der Waals surface area contributed by atoms with Crippen LogP contribution in [0.3, 0.4) is 0 Å². The van der Waals surface area contributed by atoms with Crippen molar-refractivity contribution in [2.75, 3.05) is 0 Å². The first-order chi connectivity index (χ1) is 17.5. The van der Waals surface area contributed by atoms with Gasteiger partial charge in [-0.2, -0.15) is 13.2 Å². The van der Waals surface area contributed by atoms with Crippen molar-refractivity contribution in [2.24, 2.45) is 29.1 Å². The van der Waals surface area contributed by atoms with Crippen molar-refractivity contribution < 1.29 is 37.7 Å². The highest BCUT2D eigenvalue weighted by Crippen LogP contribution is 2.51. The second kappa shape index (κ2) is 11.6. The van der Waals surface area contributed by atoms with Gasteiger partial charge in [-0.1, -0.05) is 33.8 Å². The molecule has 1 aromatic heterocycles. The minimum atomic E-state index is -4.55. The molecule has 0 unspecified atom stereocenters. The number of cyclic esters (lactones) is 1. The van der Waals surface area contributed by atoms with E-state index in [1.165, 1.54) is 25.2 Å². The molecule has 0 aromatic carbocycles. The highest BCUT2D eigenvalue weighted by atomic mass is 32.1. The van der Waals surface area contributed by atoms with Gasteiger partial charge in [0.15, 0.2) is 0 Å². The van der Waals surface area contributed by atoms with Crippen LogP contribution in [-0.4, -0.2) is 51.4 Å². The average Bonchev–Trinajstić information content (AvgIpc) is 3.48. The highest BCUT2D eigenvalue weighted by Gasteiger charge is 2.49. The molecular formula is C28H38F3NO5S. The number of thiazole rings is 1. The van der Waals surface area contributed by atoms with Crippen molar-refractivity contribution in [2.45, 2.75) is 91.7 Å². The topological polar surface area (TPSA) is 96.7 Å². The third-order valence-corrected chi connectivity index (χ3v) is 8.96. The van der Waals surface area contributed by atoms with Gasteiger partial charge in [-0.15, -0.1) is 11.3 Å². The number of rotatable bonds is 2. The van der Waals surface area contributed by atoms with Gasteiger partial charge in [0.05, 0.1) is 34.7 Å². The first-order valence-corrected chi connectivity index (χ1v) is 13.9. The number of alkyl halides is 3. The lowest BCUT2D eigenvalue weighted by Gasteiger charge is -2.34. The molecule has 2 heterocycles. The number of hydrogen-bond acceptors (Lipinski definition) is 7. The molecule has 1 saturated carbocycles. The summed E-state index contributed by atoms with van der Waals surface area (Å²) in [5, 5.41) is 24.4. The second-order valence-corrected chi connectivity index (χ2v) is 12.5. The van der Waals surface area contributed by atoms with Crippen LogP contribution in [0.4, 0.5) is 13.2 Å². The molecule has 7 atom stereocenters. The molecule has 0 amide bonds. The molecule has 2 aliphatic rings. The van der Waals surface area contributed by atoms with Crippen molar-refractivity contribution >= 4 is 29.2 Å². The average molecular weight is 558 g/mol. The van der Waals surface area contributed by atoms with Gasteiger partial charge in [0.25, 0.3) is 0 Å². The van der Waals surface area contributed by atoms with E-state index < -0.39 is 65.5 Å². The molecule has 38 heavy (non-hydrogen) atoms. The van der Waals surface area contributed by atoms with Gasteiger partial charge in [0.2, 0.25) is 0 Å². The molecule has 2 N–H and O–H groups in total. The molecule has 3 rings (SSSR count). The number of aliphatic hydroxyl groups is 2. The van der Waals surface area contributed by atoms with E-state index in [0.717, 1.165) is 11.1 Å². The van der Waals surface area contributed by atoms with Gasteiger partial charge in [0.1, 0.15) is 11.9 Å². The maximum atomic E-state index is 14.0. The summed E-state index contributed by atoms with van der Waals surface area (Å²) in [6, 6.07) is 0. The minimum absolute atomic E-state index is 0.143. The summed E-state index contributed by atoms with van der Waals surface area (Å²) in [5.41, 5.74) is -0.909. The van der Waals surface area contributed by atoms with E-state index in [2.05, 4.69) is 4.98 Å². The molecule has 0 spiro atoms. The summed E-state index contributed by atoms with van der Waals surface area (Å²) in [6.45, 7) is 9.86. The number of hydrogen-bond donors (Lipinski definition) is 2. The number of halogens is 3. The van der Waals surface area contributed by atoms with Crippen LogP contribution in [-0.2, 0) is 14.3 Å². The molecule has 0 radical (unpaired) electrons. The van der Waals surface area contributed by atoms with Gasteiger partial charge in [-0.05, 0) is 56.1 Å². The zero-order valence-corrected chi connectivity index (χ0v) is 23.5. The van der Waals surface area contributed by atoms with E-state index in [4.69, 9.17) is 4.74 Å². The molecule has 212 valence electrons. The Kier molecular flexibility index (Phi) is 9.31. The monoisotopic (exact) mass is 557 g/mol. The van der Waals surface area contributed by atoms with Crippen LogP contribution in [0.5, 0.6) is 0 Å². The van der Waals surface area contributed by atoms with Crippen LogP contribution >= 0.6 is 11.3 Å². The summed E-state index contributed by atoms with van der Waals surface area (Å²) < 4.78 is 47.5. The quantitative estimate of drug-likeness (QED) is 0.360. The Morgan fingerprint density at radius 2 is 1.87 bits per heavy atom. The fraction of sp³-hybridized carbons (Fsp3) is 0.679. The predicted molar refractivity (Wildman–Crippen MR) is 139 cm³/mol. The van der Waals surface area contributed by atoms with Gasteiger partial charge < -0.3 is 14.9 Å². The Bertz CT molecular complexity index is 1090. The van der Waals surface area contributed by atoms with Crippen LogP contribution in [0.1, 0.15) is 71.0 Å². The number of ketones is 1. The summed E-state index contributed by atoms with van der Waals surface area (Å²) in [6.07, 6.45) is -5.66. The Balaban J connectivity index is 1.98. The number of carbonyl (C=O) groups is 2. The Morgan fingerprint density at radius 3 is 2.45 bits per heavy atom. The fourth-order valence-electron chi connectivity index (χ4n) is 5.33. The number of allylic oxidation sites excluding steroid dienone is 1. The van der Waals surface area contributed by atoms with Crippen LogP contribution in [0, 0.1) is 36.0 Å². The molecule has 1 aliphatic carbocycles. The zero-order chi connectivity index (χ0) is 28.6. The third-order valence-electron chi connectivity index (χ3n) is 8.16. The molecular weight excluding hydrogens is 519 g/mol. The summed E-state index contributed by atoms with van der Waals surface area (Å²) in [7, 11) is 0. The largest absolute Gasteiger partial charge is 0.457 e. The molecule has 1 fully saturated rings. The van der Waals surface area contributed by atoms with Gasteiger partial charge >= 0.3 is 12.1 Å². The summed E-state index contributed by atoms with van der Waals surface area (Å²) >= 11 is 1.42. The molecule has 10 heteroatoms. The summed E-state index contributed by atoms with van der Waals surface area (Å²) in [4.78, 5) is 30.5. The van der Waals surface area contributed by atoms with E-state index in [0.29, 0.717) is 17.7 Å². The highest BCUT2D eigenvalue weighted by molar-refractivity contribution is 7.09. The van der Waals surface area contributed by atoms with E-state index >= 15 is 0 Å². The van der Waals surface area contributed by atoms with E-state index in [1.807, 2.05) is 6.92 Å². The Labute approximate surface area is 226 Å². The lowest BCUT2D eigenvalue weighted by Crippen LogP contribution is -2.46. The molecule has 0 bridgehead atoms. The van der Waals surface area contributed by atoms with E-state index in [9.17, 15) is 33.0 Å². The lowest BCUT2D eigenvalue weighted by atomic mass is 9.72. The number of aliphatic hydroxyl groups excluding tert-OH is 2. The first-order valence-electron chi connectivity index (χ1n) is 13.0. The molecule has 1 aliphatic heterocycles. The van der Waals surface area contributed by atoms with Crippen LogP contribution in [0.2, 0.25) is 0 Å². The van der Waals surface area contributed by atoms with E-state index in [-0.39, 0.29) is 24.7 Å². The van der Waals surface area contributed by atoms with Gasteiger partial charge in [-0.25, -0.2) is 4.98 Å². The van der Waals surface area contributed by atoms with Crippen molar-refractivity contribution in [3.8, 4) is 0 Å². The first kappa shape index (κ1) is 30.5. The van der Waals surface area contributed by atoms with Gasteiger partial charge in [-0.3, -0.25) is 9.59 Å². The molecule has 1 aromatic rings. The number of Topliss-reactive ketones (excluding diaryl/α,β-unsaturated/α-hetero) is 1. The van der Waals surface area contributed by atoms with E-state index in [1.54, 1.807) is 32.2 Å². The summed E-state index contributed by atoms with van der Waals surface area (Å²) in [5.74, 6) is -2.91. The number of esters is 1. The number of fused-ring (bicyclic) bond motifs is 1. The number of aryl methyl sites for hydroxylation is 1. The zero-order valence-electron chi connectivity index (χ0n) is 22.7. The smallest absolute Gasteiger partial charge is 0.412 e. The minimum Gasteiger partial charge on any atom is -0.457 e. The number of aromatic nitrogens is 1. The SMILES string of the molecule is C/C(=C\c1csc(C)n1)[C@@H]1C/C=C(/C(F)(F)F)C[C@H]2C[C@@H]2[C@H](C)[C@H](O)[C@@H](C)C(=O)C(C)(C)[C@@H](O)CC(=O)O1. The maximum absolute atomic E-state index is 14.0. The second-order valence-electron chi connectivity index (χ2n) is 11.4. The molecule has 0 saturated heterocycles. The third kappa shape index (κ3) is 7.12. The fourth-order valence-corrected chi connectivity index (χ4v) is 5.90. The number of ether oxygens (including phenoxy) is 1. The Hall–Kier alpha value is -2.04. The lowest BCUT2D eigenvalue weighted by molar-refractivity contribution is -0.154. The maximum Gasteiger partial charge on any atom is 0.412 e. The van der Waals surface area contributed by atoms with Gasteiger partial charge in [0, 0.05) is 23.3 Å². The van der Waals surface area contributed by atoms with Crippen LogP contribution < -0.4 is 0 Å². The van der Waals surface area contributed by atoms with Crippen LogP contribution in [0.25, 0.3) is 6.08 Å². The van der Waals surface area contributed by atoms with Crippen molar-refractivity contribution in [3.63, 3.8) is 0 Å². The standard InChI is InChI=1S/C28H38F3NO5S/c1-14(9-20-13-38-17(4)32-20)22-8-7-19(28(29,30)31)10-18-11-21(18)15(2)25(35)16(3)26(36)27(5,6)23(33)12-24(34)37-22/h7,9,13,15-16,18,21-23,25,33,35H,8,10-12H2,1-6H3/b14-9+,19-7+/t15-,16+,18-,21+,22-,23-,25-/m0/s1. The number of carbonyl (C=O) groups excluding carboxylic acids is 2. The predicted octanol–water partition coefficient (Wildman–Crippen LogP) is 5.66. The number of nitrogens with zero attached hydrogens (tertiary/aromatic N) is 1. The van der Waals surface area contributed by atoms with Crippen molar-refractivity contribution in [1.29, 1.82) is 0 Å². The molecule has 6 nitrogen and oxygen atoms in total. The normalized spacial score (nSPS) is 35.2. The van der Waals surface area contributed by atoms with Crippen LogP contribution in [0.15, 0.2) is 22.6 Å². The Morgan fingerprint density at radius 1 is 1.21 bits per heavy atom.